The first kappa shape index (κ1) is 16.6. The summed E-state index contributed by atoms with van der Waals surface area (Å²) in [5, 5.41) is 3.11. The SMILES string of the molecule is C[C@@H](Oc1ccc(-c2ccccc2)cc1)C(=O)NC1CCCCC1. The van der Waals surface area contributed by atoms with Crippen LogP contribution in [0.5, 0.6) is 5.75 Å². The summed E-state index contributed by atoms with van der Waals surface area (Å²) in [4.78, 5) is 12.3. The minimum Gasteiger partial charge on any atom is -0.481 e. The Morgan fingerprint density at radius 2 is 1.58 bits per heavy atom. The van der Waals surface area contributed by atoms with Gasteiger partial charge in [-0.05, 0) is 43.0 Å². The quantitative estimate of drug-likeness (QED) is 0.875. The van der Waals surface area contributed by atoms with Crippen LogP contribution >= 0.6 is 0 Å². The Bertz CT molecular complexity index is 645. The van der Waals surface area contributed by atoms with E-state index in [1.807, 2.05) is 49.4 Å². The maximum Gasteiger partial charge on any atom is 0.260 e. The van der Waals surface area contributed by atoms with Gasteiger partial charge >= 0.3 is 0 Å². The first-order valence-corrected chi connectivity index (χ1v) is 8.85. The zero-order valence-electron chi connectivity index (χ0n) is 14.2. The first-order valence-electron chi connectivity index (χ1n) is 8.85. The molecule has 1 fully saturated rings. The lowest BCUT2D eigenvalue weighted by Crippen LogP contribution is -2.43. The lowest BCUT2D eigenvalue weighted by Gasteiger charge is -2.24. The van der Waals surface area contributed by atoms with Gasteiger partial charge < -0.3 is 10.1 Å². The molecule has 1 aliphatic rings. The average Bonchev–Trinajstić information content (AvgIpc) is 2.64. The van der Waals surface area contributed by atoms with Gasteiger partial charge in [0.25, 0.3) is 5.91 Å². The van der Waals surface area contributed by atoms with E-state index in [2.05, 4.69) is 17.4 Å². The van der Waals surface area contributed by atoms with Crippen LogP contribution in [0.2, 0.25) is 0 Å². The molecule has 24 heavy (non-hydrogen) atoms. The number of carbonyl (C=O) groups excluding carboxylic acids is 1. The molecule has 126 valence electrons. The Morgan fingerprint density at radius 3 is 2.25 bits per heavy atom. The zero-order valence-corrected chi connectivity index (χ0v) is 14.2. The van der Waals surface area contributed by atoms with E-state index in [0.717, 1.165) is 24.2 Å². The smallest absolute Gasteiger partial charge is 0.260 e. The molecule has 0 saturated heterocycles. The Labute approximate surface area is 144 Å². The van der Waals surface area contributed by atoms with Crippen LogP contribution in [0.25, 0.3) is 11.1 Å². The predicted octanol–water partition coefficient (Wildman–Crippen LogP) is 4.57. The van der Waals surface area contributed by atoms with Crippen molar-refractivity contribution < 1.29 is 9.53 Å². The molecule has 0 spiro atoms. The summed E-state index contributed by atoms with van der Waals surface area (Å²) in [6.07, 6.45) is 5.40. The summed E-state index contributed by atoms with van der Waals surface area (Å²) in [7, 11) is 0. The summed E-state index contributed by atoms with van der Waals surface area (Å²) in [5.74, 6) is 0.704. The van der Waals surface area contributed by atoms with Crippen LogP contribution in [0.15, 0.2) is 54.6 Å². The second kappa shape index (κ2) is 8.00. The molecule has 1 atom stereocenters. The van der Waals surface area contributed by atoms with Crippen molar-refractivity contribution in [2.75, 3.05) is 0 Å². The van der Waals surface area contributed by atoms with Crippen molar-refractivity contribution in [1.29, 1.82) is 0 Å². The van der Waals surface area contributed by atoms with Crippen molar-refractivity contribution in [3.8, 4) is 16.9 Å². The van der Waals surface area contributed by atoms with E-state index in [1.54, 1.807) is 0 Å². The number of carbonyl (C=O) groups is 1. The molecule has 0 bridgehead atoms. The Kier molecular flexibility index (Phi) is 5.52. The zero-order chi connectivity index (χ0) is 16.8. The molecule has 2 aromatic carbocycles. The largest absolute Gasteiger partial charge is 0.481 e. The molecular formula is C21H25NO2. The molecule has 0 aromatic heterocycles. The number of amides is 1. The van der Waals surface area contributed by atoms with Gasteiger partial charge in [-0.15, -0.1) is 0 Å². The standard InChI is InChI=1S/C21H25NO2/c1-16(21(23)22-19-10-6-3-7-11-19)24-20-14-12-18(13-15-20)17-8-4-2-5-9-17/h2,4-5,8-9,12-16,19H,3,6-7,10-11H2,1H3,(H,22,23)/t16-/m1/s1. The Balaban J connectivity index is 1.56. The van der Waals surface area contributed by atoms with E-state index in [-0.39, 0.29) is 5.91 Å². The molecule has 3 nitrogen and oxygen atoms in total. The van der Waals surface area contributed by atoms with Crippen molar-refractivity contribution in [3.05, 3.63) is 54.6 Å². The average molecular weight is 323 g/mol. The normalized spacial score (nSPS) is 16.4. The Hall–Kier alpha value is -2.29. The monoisotopic (exact) mass is 323 g/mol. The second-order valence-corrected chi connectivity index (χ2v) is 6.49. The van der Waals surface area contributed by atoms with Crippen LogP contribution in [0, 0.1) is 0 Å². The Morgan fingerprint density at radius 1 is 0.958 bits per heavy atom. The predicted molar refractivity (Wildman–Crippen MR) is 97.0 cm³/mol. The highest BCUT2D eigenvalue weighted by molar-refractivity contribution is 5.81. The molecule has 1 N–H and O–H groups in total. The lowest BCUT2D eigenvalue weighted by molar-refractivity contribution is -0.128. The van der Waals surface area contributed by atoms with Crippen LogP contribution < -0.4 is 10.1 Å². The molecule has 2 aromatic rings. The number of nitrogens with one attached hydrogen (secondary N) is 1. The van der Waals surface area contributed by atoms with E-state index in [4.69, 9.17) is 4.74 Å². The van der Waals surface area contributed by atoms with E-state index in [9.17, 15) is 4.79 Å². The molecule has 0 unspecified atom stereocenters. The van der Waals surface area contributed by atoms with Crippen LogP contribution in [0.4, 0.5) is 0 Å². The van der Waals surface area contributed by atoms with E-state index >= 15 is 0 Å². The van der Waals surface area contributed by atoms with Crippen molar-refractivity contribution in [2.45, 2.75) is 51.2 Å². The third-order valence-corrected chi connectivity index (χ3v) is 4.60. The topological polar surface area (TPSA) is 38.3 Å². The minimum absolute atomic E-state index is 0.0194. The number of rotatable bonds is 5. The van der Waals surface area contributed by atoms with Gasteiger partial charge in [0.1, 0.15) is 5.75 Å². The highest BCUT2D eigenvalue weighted by Crippen LogP contribution is 2.23. The molecule has 3 rings (SSSR count). The molecule has 1 aliphatic carbocycles. The summed E-state index contributed by atoms with van der Waals surface area (Å²) >= 11 is 0. The van der Waals surface area contributed by atoms with Gasteiger partial charge in [0.05, 0.1) is 0 Å². The fourth-order valence-electron chi connectivity index (χ4n) is 3.18. The fraction of sp³-hybridized carbons (Fsp3) is 0.381. The van der Waals surface area contributed by atoms with Crippen LogP contribution in [-0.2, 0) is 4.79 Å². The molecule has 0 aliphatic heterocycles. The summed E-state index contributed by atoms with van der Waals surface area (Å²) < 4.78 is 5.80. The van der Waals surface area contributed by atoms with Crippen molar-refractivity contribution in [3.63, 3.8) is 0 Å². The second-order valence-electron chi connectivity index (χ2n) is 6.49. The van der Waals surface area contributed by atoms with Gasteiger partial charge in [0.15, 0.2) is 6.10 Å². The number of ether oxygens (including phenoxy) is 1. The fourth-order valence-corrected chi connectivity index (χ4v) is 3.18. The molecule has 1 amide bonds. The molecule has 0 radical (unpaired) electrons. The highest BCUT2D eigenvalue weighted by atomic mass is 16.5. The van der Waals surface area contributed by atoms with Gasteiger partial charge in [0, 0.05) is 6.04 Å². The van der Waals surface area contributed by atoms with Gasteiger partial charge in [-0.1, -0.05) is 61.7 Å². The van der Waals surface area contributed by atoms with E-state index < -0.39 is 6.10 Å². The van der Waals surface area contributed by atoms with Crippen molar-refractivity contribution >= 4 is 5.91 Å². The minimum atomic E-state index is -0.477. The van der Waals surface area contributed by atoms with Crippen LogP contribution in [0.3, 0.4) is 0 Å². The van der Waals surface area contributed by atoms with E-state index in [0.29, 0.717) is 6.04 Å². The summed E-state index contributed by atoms with van der Waals surface area (Å²) in [5.41, 5.74) is 2.31. The third-order valence-electron chi connectivity index (χ3n) is 4.60. The van der Waals surface area contributed by atoms with Gasteiger partial charge in [-0.3, -0.25) is 4.79 Å². The highest BCUT2D eigenvalue weighted by Gasteiger charge is 2.20. The summed E-state index contributed by atoms with van der Waals surface area (Å²) in [6, 6.07) is 18.4. The van der Waals surface area contributed by atoms with Crippen LogP contribution in [-0.4, -0.2) is 18.1 Å². The van der Waals surface area contributed by atoms with Gasteiger partial charge in [-0.2, -0.15) is 0 Å². The maximum absolute atomic E-state index is 12.3. The van der Waals surface area contributed by atoms with E-state index in [1.165, 1.54) is 24.8 Å². The molecule has 0 heterocycles. The lowest BCUT2D eigenvalue weighted by atomic mass is 9.95. The number of hydrogen-bond donors (Lipinski definition) is 1. The number of hydrogen-bond acceptors (Lipinski definition) is 2. The number of benzene rings is 2. The van der Waals surface area contributed by atoms with Crippen molar-refractivity contribution in [1.82, 2.24) is 5.32 Å². The molecule has 3 heteroatoms. The maximum atomic E-state index is 12.3. The van der Waals surface area contributed by atoms with Gasteiger partial charge in [-0.25, -0.2) is 0 Å². The third kappa shape index (κ3) is 4.38. The van der Waals surface area contributed by atoms with Crippen LogP contribution in [0.1, 0.15) is 39.0 Å². The summed E-state index contributed by atoms with van der Waals surface area (Å²) in [6.45, 7) is 1.81. The molecule has 1 saturated carbocycles. The first-order chi connectivity index (χ1) is 11.7. The van der Waals surface area contributed by atoms with Gasteiger partial charge in [0.2, 0.25) is 0 Å². The molecular weight excluding hydrogens is 298 g/mol. The van der Waals surface area contributed by atoms with Crippen molar-refractivity contribution in [2.24, 2.45) is 0 Å².